The molecule has 5 nitrogen and oxygen atoms in total. The smallest absolute Gasteiger partial charge is 0.397 e. The maximum absolute atomic E-state index is 12.3. The highest BCUT2D eigenvalue weighted by atomic mass is 32.1. The van der Waals surface area contributed by atoms with Crippen molar-refractivity contribution < 1.29 is 14.3 Å². The summed E-state index contributed by atoms with van der Waals surface area (Å²) in [5, 5.41) is 4.79. The average Bonchev–Trinajstić information content (AvgIpc) is 3.16. The summed E-state index contributed by atoms with van der Waals surface area (Å²) in [5.74, 6) is -0.302. The van der Waals surface area contributed by atoms with Gasteiger partial charge in [0.05, 0.1) is 11.4 Å². The highest BCUT2D eigenvalue weighted by Gasteiger charge is 2.11. The molecule has 0 saturated heterocycles. The second-order valence-corrected chi connectivity index (χ2v) is 7.83. The predicted molar refractivity (Wildman–Crippen MR) is 112 cm³/mol. The molecule has 27 heavy (non-hydrogen) atoms. The highest BCUT2D eigenvalue weighted by Crippen LogP contribution is 2.30. The summed E-state index contributed by atoms with van der Waals surface area (Å²) in [6.07, 6.45) is 3.16. The van der Waals surface area contributed by atoms with E-state index in [1.54, 1.807) is 41.7 Å². The molecule has 3 aromatic rings. The molecular formula is C20H18N2O3PS+. The van der Waals surface area contributed by atoms with Crippen molar-refractivity contribution in [3.63, 3.8) is 0 Å². The fourth-order valence-electron chi connectivity index (χ4n) is 2.56. The Bertz CT molecular complexity index is 1000. The molecule has 0 bridgehead atoms. The lowest BCUT2D eigenvalue weighted by Gasteiger charge is -2.08. The van der Waals surface area contributed by atoms with Crippen LogP contribution < -0.4 is 11.1 Å². The van der Waals surface area contributed by atoms with Crippen molar-refractivity contribution in [3.8, 4) is 10.4 Å². The van der Waals surface area contributed by atoms with Crippen LogP contribution in [0.1, 0.15) is 11.1 Å². The SMILES string of the molecule is Nc1ccc(-c2cccs2)cc1NC(=O)C=Cc1cccc(C[P+](=O)O)c1. The van der Waals surface area contributed by atoms with Crippen LogP contribution in [-0.4, -0.2) is 10.8 Å². The van der Waals surface area contributed by atoms with E-state index in [9.17, 15) is 9.36 Å². The Hall–Kier alpha value is -2.79. The van der Waals surface area contributed by atoms with Gasteiger partial charge in [-0.05, 0) is 51.4 Å². The number of nitrogens with one attached hydrogen (secondary N) is 1. The lowest BCUT2D eigenvalue weighted by molar-refractivity contribution is -0.111. The number of nitrogens with two attached hydrogens (primary N) is 1. The summed E-state index contributed by atoms with van der Waals surface area (Å²) in [4.78, 5) is 22.4. The molecule has 0 fully saturated rings. The minimum atomic E-state index is -2.23. The minimum absolute atomic E-state index is 0.0925. The summed E-state index contributed by atoms with van der Waals surface area (Å²) in [6, 6.07) is 16.7. The van der Waals surface area contributed by atoms with Crippen LogP contribution in [-0.2, 0) is 15.5 Å². The van der Waals surface area contributed by atoms with Gasteiger partial charge in [0.1, 0.15) is 0 Å². The molecule has 7 heteroatoms. The Labute approximate surface area is 162 Å². The van der Waals surface area contributed by atoms with Crippen LogP contribution in [0.4, 0.5) is 11.4 Å². The molecule has 1 heterocycles. The first-order chi connectivity index (χ1) is 13.0. The molecule has 0 aliphatic carbocycles. The summed E-state index contributed by atoms with van der Waals surface area (Å²) < 4.78 is 10.9. The van der Waals surface area contributed by atoms with E-state index in [4.69, 9.17) is 10.6 Å². The van der Waals surface area contributed by atoms with E-state index in [1.165, 1.54) is 6.08 Å². The highest BCUT2D eigenvalue weighted by molar-refractivity contribution is 7.37. The van der Waals surface area contributed by atoms with Gasteiger partial charge in [0, 0.05) is 16.5 Å². The topological polar surface area (TPSA) is 92.4 Å². The third-order valence-corrected chi connectivity index (χ3v) is 5.37. The van der Waals surface area contributed by atoms with Crippen LogP contribution in [0.2, 0.25) is 0 Å². The van der Waals surface area contributed by atoms with Crippen molar-refractivity contribution in [2.75, 3.05) is 11.1 Å². The lowest BCUT2D eigenvalue weighted by atomic mass is 10.1. The third-order valence-electron chi connectivity index (χ3n) is 3.81. The van der Waals surface area contributed by atoms with Crippen molar-refractivity contribution in [3.05, 3.63) is 77.2 Å². The quantitative estimate of drug-likeness (QED) is 0.314. The first-order valence-corrected chi connectivity index (χ1v) is 10.4. The van der Waals surface area contributed by atoms with Crippen LogP contribution in [0, 0.1) is 0 Å². The van der Waals surface area contributed by atoms with Gasteiger partial charge in [-0.15, -0.1) is 11.3 Å². The standard InChI is InChI=1S/C20H17N2O3PS/c21-17-8-7-16(19-5-2-10-27-19)12-18(17)22-20(23)9-6-14-3-1-4-15(11-14)13-26(24)25/h1-12H,13,21H2,(H-,22,23,24,25)/p+1. The molecule has 1 atom stereocenters. The van der Waals surface area contributed by atoms with E-state index in [1.807, 2.05) is 35.7 Å². The van der Waals surface area contributed by atoms with Crippen LogP contribution in [0.25, 0.3) is 16.5 Å². The number of thiophene rings is 1. The van der Waals surface area contributed by atoms with Gasteiger partial charge >= 0.3 is 8.03 Å². The van der Waals surface area contributed by atoms with Crippen LogP contribution in [0.15, 0.2) is 66.1 Å². The van der Waals surface area contributed by atoms with Crippen molar-refractivity contribution in [1.82, 2.24) is 0 Å². The monoisotopic (exact) mass is 397 g/mol. The van der Waals surface area contributed by atoms with Crippen molar-refractivity contribution in [2.45, 2.75) is 6.16 Å². The minimum Gasteiger partial charge on any atom is -0.397 e. The number of nitrogen functional groups attached to an aromatic ring is 1. The Kier molecular flexibility index (Phi) is 6.14. The second-order valence-electron chi connectivity index (χ2n) is 5.86. The summed E-state index contributed by atoms with van der Waals surface area (Å²) >= 11 is 1.62. The Balaban J connectivity index is 1.71. The number of rotatable bonds is 6. The van der Waals surface area contributed by atoms with E-state index < -0.39 is 8.03 Å². The molecule has 1 unspecified atom stereocenters. The Morgan fingerprint density at radius 3 is 2.78 bits per heavy atom. The molecule has 3 rings (SSSR count). The maximum atomic E-state index is 12.3. The zero-order valence-electron chi connectivity index (χ0n) is 14.3. The summed E-state index contributed by atoms with van der Waals surface area (Å²) in [6.45, 7) is 0. The number of carbonyl (C=O) groups excluding carboxylic acids is 1. The second kappa shape index (κ2) is 8.73. The number of hydrogen-bond acceptors (Lipinski definition) is 4. The van der Waals surface area contributed by atoms with Crippen molar-refractivity contribution in [2.24, 2.45) is 0 Å². The molecular weight excluding hydrogens is 379 g/mol. The van der Waals surface area contributed by atoms with Gasteiger partial charge in [-0.3, -0.25) is 4.79 Å². The zero-order chi connectivity index (χ0) is 19.2. The molecule has 0 aliphatic rings. The molecule has 1 aromatic heterocycles. The molecule has 0 spiro atoms. The van der Waals surface area contributed by atoms with E-state index in [-0.39, 0.29) is 12.1 Å². The third kappa shape index (κ3) is 5.34. The van der Waals surface area contributed by atoms with Crippen LogP contribution in [0.3, 0.4) is 0 Å². The fraction of sp³-hybridized carbons (Fsp3) is 0.0500. The number of hydrogen-bond donors (Lipinski definition) is 3. The Morgan fingerprint density at radius 2 is 2.04 bits per heavy atom. The van der Waals surface area contributed by atoms with Gasteiger partial charge in [-0.2, -0.15) is 4.89 Å². The first kappa shape index (κ1) is 19.0. The zero-order valence-corrected chi connectivity index (χ0v) is 16.0. The largest absolute Gasteiger partial charge is 0.510 e. The van der Waals surface area contributed by atoms with E-state index in [0.29, 0.717) is 11.4 Å². The van der Waals surface area contributed by atoms with Crippen LogP contribution >= 0.6 is 19.4 Å². The van der Waals surface area contributed by atoms with Gasteiger partial charge < -0.3 is 11.1 Å². The normalized spacial score (nSPS) is 11.5. The number of anilines is 2. The maximum Gasteiger partial charge on any atom is 0.510 e. The predicted octanol–water partition coefficient (Wildman–Crippen LogP) is 4.88. The first-order valence-electron chi connectivity index (χ1n) is 8.16. The summed E-state index contributed by atoms with van der Waals surface area (Å²) in [7, 11) is -2.23. The Morgan fingerprint density at radius 1 is 1.19 bits per heavy atom. The molecule has 136 valence electrons. The van der Waals surface area contributed by atoms with Crippen LogP contribution in [0.5, 0.6) is 0 Å². The van der Waals surface area contributed by atoms with Gasteiger partial charge in [-0.25, -0.2) is 0 Å². The van der Waals surface area contributed by atoms with Gasteiger partial charge in [0.15, 0.2) is 0 Å². The number of benzene rings is 2. The van der Waals surface area contributed by atoms with E-state index in [2.05, 4.69) is 5.32 Å². The average molecular weight is 397 g/mol. The van der Waals surface area contributed by atoms with Gasteiger partial charge in [0.25, 0.3) is 0 Å². The van der Waals surface area contributed by atoms with Crippen molar-refractivity contribution >= 4 is 42.7 Å². The summed E-state index contributed by atoms with van der Waals surface area (Å²) in [5.41, 5.74) is 9.54. The molecule has 0 aliphatic heterocycles. The van der Waals surface area contributed by atoms with E-state index in [0.717, 1.165) is 21.6 Å². The van der Waals surface area contributed by atoms with Gasteiger partial charge in [0.2, 0.25) is 12.1 Å². The fourth-order valence-corrected chi connectivity index (χ4v) is 3.79. The van der Waals surface area contributed by atoms with Crippen molar-refractivity contribution in [1.29, 1.82) is 0 Å². The molecule has 4 N–H and O–H groups in total. The lowest BCUT2D eigenvalue weighted by Crippen LogP contribution is -2.09. The molecule has 0 saturated carbocycles. The number of amides is 1. The molecule has 0 radical (unpaired) electrons. The number of carbonyl (C=O) groups is 1. The molecule has 2 aromatic carbocycles. The molecule has 1 amide bonds. The van der Waals surface area contributed by atoms with Gasteiger partial charge in [-0.1, -0.05) is 30.3 Å². The van der Waals surface area contributed by atoms with E-state index >= 15 is 0 Å².